The van der Waals surface area contributed by atoms with Gasteiger partial charge in [-0.1, -0.05) is 194 Å². The molecule has 1 spiro atoms. The Morgan fingerprint density at radius 3 is 1.61 bits per heavy atom. The molecule has 0 radical (unpaired) electrons. The number of hydrogen-bond acceptors (Lipinski definition) is 4. The SMILES string of the molecule is c1ccc(-c2ccc(-c3nc(-c4ccccc4)nc(-n4c5ccc(-c6ccc7c(c6)C6(c8ccccc8Oc8ccccc86)c6ccccc6-7)cc5c5c6ccccc6ccc54)n3)cc2)cc1. The first-order chi connectivity index (χ1) is 33.2. The summed E-state index contributed by atoms with van der Waals surface area (Å²) >= 11 is 0. The van der Waals surface area contributed by atoms with Gasteiger partial charge in [0.15, 0.2) is 11.6 Å². The van der Waals surface area contributed by atoms with E-state index >= 15 is 0 Å². The molecule has 0 N–H and O–H groups in total. The van der Waals surface area contributed by atoms with Gasteiger partial charge in [0.2, 0.25) is 5.95 Å². The van der Waals surface area contributed by atoms with Gasteiger partial charge in [-0.2, -0.15) is 9.97 Å². The Bertz CT molecular complexity index is 3900. The average molecular weight is 855 g/mol. The van der Waals surface area contributed by atoms with E-state index < -0.39 is 5.41 Å². The Hall–Kier alpha value is -8.93. The Kier molecular flexibility index (Phi) is 8.13. The quantitative estimate of drug-likeness (QED) is 0.173. The van der Waals surface area contributed by atoms with Crippen LogP contribution in [0.15, 0.2) is 231 Å². The maximum atomic E-state index is 6.64. The number of rotatable bonds is 5. The van der Waals surface area contributed by atoms with Gasteiger partial charge in [-0.05, 0) is 91.7 Å². The highest BCUT2D eigenvalue weighted by Gasteiger charge is 2.51. The molecule has 312 valence electrons. The van der Waals surface area contributed by atoms with Gasteiger partial charge in [0.25, 0.3) is 0 Å². The van der Waals surface area contributed by atoms with Crippen molar-refractivity contribution in [3.05, 3.63) is 253 Å². The zero-order chi connectivity index (χ0) is 44.1. The lowest BCUT2D eigenvalue weighted by molar-refractivity contribution is 0.436. The molecule has 2 aliphatic rings. The van der Waals surface area contributed by atoms with Gasteiger partial charge >= 0.3 is 0 Å². The largest absolute Gasteiger partial charge is 0.457 e. The number of benzene rings is 10. The first kappa shape index (κ1) is 37.4. The van der Waals surface area contributed by atoms with Crippen LogP contribution in [0.3, 0.4) is 0 Å². The Morgan fingerprint density at radius 2 is 0.866 bits per heavy atom. The van der Waals surface area contributed by atoms with Crippen molar-refractivity contribution in [1.29, 1.82) is 0 Å². The molecule has 0 atom stereocenters. The minimum atomic E-state index is -0.557. The van der Waals surface area contributed by atoms with Gasteiger partial charge in [0.05, 0.1) is 16.4 Å². The summed E-state index contributed by atoms with van der Waals surface area (Å²) in [5.74, 6) is 3.56. The van der Waals surface area contributed by atoms with E-state index in [1.807, 2.05) is 24.3 Å². The molecule has 10 aromatic carbocycles. The van der Waals surface area contributed by atoms with Crippen molar-refractivity contribution in [2.24, 2.45) is 0 Å². The Labute approximate surface area is 386 Å². The summed E-state index contributed by atoms with van der Waals surface area (Å²) in [4.78, 5) is 15.7. The highest BCUT2D eigenvalue weighted by molar-refractivity contribution is 6.21. The van der Waals surface area contributed by atoms with E-state index in [1.165, 1.54) is 33.0 Å². The number of fused-ring (bicyclic) bond motifs is 14. The summed E-state index contributed by atoms with van der Waals surface area (Å²) in [5, 5.41) is 4.63. The van der Waals surface area contributed by atoms with Crippen LogP contribution in [0.2, 0.25) is 0 Å². The molecule has 3 heterocycles. The zero-order valence-corrected chi connectivity index (χ0v) is 36.1. The van der Waals surface area contributed by atoms with Crippen LogP contribution in [0.4, 0.5) is 0 Å². The van der Waals surface area contributed by atoms with Crippen molar-refractivity contribution in [3.63, 3.8) is 0 Å². The highest BCUT2D eigenvalue weighted by Crippen LogP contribution is 2.62. The summed E-state index contributed by atoms with van der Waals surface area (Å²) in [7, 11) is 0. The van der Waals surface area contributed by atoms with Crippen LogP contribution in [0.5, 0.6) is 11.5 Å². The third-order valence-electron chi connectivity index (χ3n) is 13.9. The lowest BCUT2D eigenvalue weighted by atomic mass is 9.66. The molecule has 5 nitrogen and oxygen atoms in total. The van der Waals surface area contributed by atoms with Crippen LogP contribution >= 0.6 is 0 Å². The van der Waals surface area contributed by atoms with Gasteiger partial charge in [-0.25, -0.2) is 4.98 Å². The second-order valence-corrected chi connectivity index (χ2v) is 17.5. The van der Waals surface area contributed by atoms with Crippen molar-refractivity contribution >= 4 is 32.6 Å². The summed E-state index contributed by atoms with van der Waals surface area (Å²) < 4.78 is 8.87. The molecule has 0 unspecified atom stereocenters. The molecule has 1 aliphatic heterocycles. The van der Waals surface area contributed by atoms with Gasteiger partial charge in [-0.3, -0.25) is 4.57 Å². The maximum Gasteiger partial charge on any atom is 0.238 e. The fraction of sp³-hybridized carbons (Fsp3) is 0.0161. The van der Waals surface area contributed by atoms with Crippen LogP contribution in [0.1, 0.15) is 22.3 Å². The Balaban J connectivity index is 0.988. The molecule has 0 saturated carbocycles. The molecule has 1 aliphatic carbocycles. The predicted molar refractivity (Wildman–Crippen MR) is 271 cm³/mol. The molecule has 2 aromatic heterocycles. The zero-order valence-electron chi connectivity index (χ0n) is 36.1. The van der Waals surface area contributed by atoms with Crippen molar-refractivity contribution in [1.82, 2.24) is 19.5 Å². The van der Waals surface area contributed by atoms with Crippen molar-refractivity contribution in [2.75, 3.05) is 0 Å². The van der Waals surface area contributed by atoms with Crippen molar-refractivity contribution < 1.29 is 4.74 Å². The van der Waals surface area contributed by atoms with E-state index in [9.17, 15) is 0 Å². The number of para-hydroxylation sites is 2. The van der Waals surface area contributed by atoms with Crippen molar-refractivity contribution in [2.45, 2.75) is 5.41 Å². The lowest BCUT2D eigenvalue weighted by Gasteiger charge is -2.39. The molecule has 0 amide bonds. The second-order valence-electron chi connectivity index (χ2n) is 17.5. The van der Waals surface area contributed by atoms with E-state index in [2.05, 4.69) is 211 Å². The highest BCUT2D eigenvalue weighted by atomic mass is 16.5. The van der Waals surface area contributed by atoms with E-state index in [1.54, 1.807) is 0 Å². The monoisotopic (exact) mass is 854 g/mol. The Morgan fingerprint density at radius 1 is 0.343 bits per heavy atom. The number of hydrogen-bond donors (Lipinski definition) is 0. The number of aromatic nitrogens is 4. The van der Waals surface area contributed by atoms with E-state index in [-0.39, 0.29) is 0 Å². The molecule has 0 saturated heterocycles. The molecular weight excluding hydrogens is 817 g/mol. The van der Waals surface area contributed by atoms with Crippen LogP contribution in [-0.4, -0.2) is 19.5 Å². The van der Waals surface area contributed by atoms with E-state index in [4.69, 9.17) is 19.7 Å². The number of nitrogens with zero attached hydrogens (tertiary/aromatic N) is 4. The third-order valence-corrected chi connectivity index (χ3v) is 13.9. The average Bonchev–Trinajstić information content (AvgIpc) is 3.89. The fourth-order valence-corrected chi connectivity index (χ4v) is 11.0. The molecule has 5 heteroatoms. The number of ether oxygens (including phenoxy) is 1. The van der Waals surface area contributed by atoms with Gasteiger partial charge in [-0.15, -0.1) is 0 Å². The maximum absolute atomic E-state index is 6.64. The minimum absolute atomic E-state index is 0.557. The van der Waals surface area contributed by atoms with Crippen LogP contribution in [0.25, 0.3) is 94.7 Å². The van der Waals surface area contributed by atoms with Crippen molar-refractivity contribution in [3.8, 4) is 73.6 Å². The standard InChI is InChI=1S/C62H38N4O/c1-3-15-39(16-4-1)40-27-29-43(30-28-40)60-63-59(42-18-5-2-6-19-42)64-61(65-60)66-54-35-33-44(37-49(54)58-46-20-8-7-17-41(46)32-36-55(58)66)45-31-34-48-47-21-9-10-22-50(47)62(53(48)38-45)51-23-11-13-25-56(51)67-57-26-14-12-24-52(57)62/h1-38H. The van der Waals surface area contributed by atoms with Crippen LogP contribution < -0.4 is 4.74 Å². The molecular formula is C62H38N4O. The molecule has 0 fully saturated rings. The van der Waals surface area contributed by atoms with Crippen LogP contribution in [-0.2, 0) is 5.41 Å². The summed E-state index contributed by atoms with van der Waals surface area (Å²) in [6, 6.07) is 82.1. The summed E-state index contributed by atoms with van der Waals surface area (Å²) in [6.07, 6.45) is 0. The van der Waals surface area contributed by atoms with Gasteiger partial charge in [0.1, 0.15) is 11.5 Å². The third kappa shape index (κ3) is 5.58. The fourth-order valence-electron chi connectivity index (χ4n) is 11.0. The summed E-state index contributed by atoms with van der Waals surface area (Å²) in [6.45, 7) is 0. The molecule has 67 heavy (non-hydrogen) atoms. The smallest absolute Gasteiger partial charge is 0.238 e. The molecule has 14 rings (SSSR count). The van der Waals surface area contributed by atoms with Gasteiger partial charge in [0, 0.05) is 33.0 Å². The first-order valence-corrected chi connectivity index (χ1v) is 22.8. The lowest BCUT2D eigenvalue weighted by Crippen LogP contribution is -2.32. The minimum Gasteiger partial charge on any atom is -0.457 e. The first-order valence-electron chi connectivity index (χ1n) is 22.8. The topological polar surface area (TPSA) is 52.8 Å². The van der Waals surface area contributed by atoms with E-state index in [0.29, 0.717) is 17.6 Å². The molecule has 12 aromatic rings. The molecule has 0 bridgehead atoms. The van der Waals surface area contributed by atoms with Gasteiger partial charge < -0.3 is 4.74 Å². The predicted octanol–water partition coefficient (Wildman–Crippen LogP) is 15.3. The second kappa shape index (κ2) is 14.5. The summed E-state index contributed by atoms with van der Waals surface area (Å²) in [5.41, 5.74) is 15.2. The normalized spacial score (nSPS) is 13.0. The van der Waals surface area contributed by atoms with Crippen LogP contribution in [0, 0.1) is 0 Å². The van der Waals surface area contributed by atoms with E-state index in [0.717, 1.165) is 77.8 Å².